The van der Waals surface area contributed by atoms with Crippen LogP contribution >= 0.6 is 7.60 Å². The van der Waals surface area contributed by atoms with Gasteiger partial charge in [0, 0.05) is 0 Å². The van der Waals surface area contributed by atoms with Crippen molar-refractivity contribution in [2.75, 3.05) is 6.16 Å². The average Bonchev–Trinajstić information content (AvgIpc) is 2.08. The van der Waals surface area contributed by atoms with Crippen molar-refractivity contribution in [2.24, 2.45) is 0 Å². The Balaban J connectivity index is 2.78. The summed E-state index contributed by atoms with van der Waals surface area (Å²) in [5.41, 5.74) is 0.873. The Morgan fingerprint density at radius 2 is 2.07 bits per heavy atom. The second kappa shape index (κ2) is 4.63. The first-order chi connectivity index (χ1) is 6.55. The van der Waals surface area contributed by atoms with E-state index in [-0.39, 0.29) is 6.16 Å². The number of hydrogen-bond donors (Lipinski definition) is 1. The van der Waals surface area contributed by atoms with Crippen LogP contribution in [0.25, 0.3) is 0 Å². The molecule has 0 aromatic heterocycles. The Kier molecular flexibility index (Phi) is 3.73. The molecule has 0 saturated heterocycles. The second-order valence-corrected chi connectivity index (χ2v) is 5.12. The molecule has 0 heterocycles. The van der Waals surface area contributed by atoms with Gasteiger partial charge in [-0.05, 0) is 25.0 Å². The SMILES string of the molecule is CCCP(=O)(O)Oc1ccccc1C. The minimum absolute atomic E-state index is 0.196. The zero-order valence-electron chi connectivity index (χ0n) is 8.43. The van der Waals surface area contributed by atoms with E-state index < -0.39 is 7.60 Å². The summed E-state index contributed by atoms with van der Waals surface area (Å²) in [5.74, 6) is 0.492. The fourth-order valence-corrected chi connectivity index (χ4v) is 2.31. The van der Waals surface area contributed by atoms with Crippen molar-refractivity contribution < 1.29 is 14.0 Å². The van der Waals surface area contributed by atoms with Crippen LogP contribution in [0.2, 0.25) is 0 Å². The number of para-hydroxylation sites is 1. The van der Waals surface area contributed by atoms with Crippen LogP contribution in [-0.4, -0.2) is 11.1 Å². The molecule has 0 aliphatic carbocycles. The summed E-state index contributed by atoms with van der Waals surface area (Å²) >= 11 is 0. The van der Waals surface area contributed by atoms with Crippen LogP contribution in [0.4, 0.5) is 0 Å². The van der Waals surface area contributed by atoms with Gasteiger partial charge in [0.05, 0.1) is 6.16 Å². The predicted octanol–water partition coefficient (Wildman–Crippen LogP) is 2.97. The van der Waals surface area contributed by atoms with Gasteiger partial charge in [-0.2, -0.15) is 0 Å². The molecule has 0 fully saturated rings. The fourth-order valence-electron chi connectivity index (χ4n) is 1.14. The van der Waals surface area contributed by atoms with Crippen molar-refractivity contribution in [3.8, 4) is 5.75 Å². The molecule has 3 nitrogen and oxygen atoms in total. The lowest BCUT2D eigenvalue weighted by Crippen LogP contribution is -1.97. The van der Waals surface area contributed by atoms with E-state index in [0.717, 1.165) is 5.56 Å². The number of benzene rings is 1. The molecule has 4 heteroatoms. The molecule has 0 aliphatic rings. The molecule has 0 spiro atoms. The third-order valence-electron chi connectivity index (χ3n) is 1.84. The van der Waals surface area contributed by atoms with Crippen molar-refractivity contribution in [3.63, 3.8) is 0 Å². The molecule has 0 saturated carbocycles. The lowest BCUT2D eigenvalue weighted by Gasteiger charge is -2.13. The Bertz CT molecular complexity index is 349. The highest BCUT2D eigenvalue weighted by Gasteiger charge is 2.19. The van der Waals surface area contributed by atoms with E-state index in [9.17, 15) is 9.46 Å². The molecular weight excluding hydrogens is 199 g/mol. The third kappa shape index (κ3) is 3.17. The quantitative estimate of drug-likeness (QED) is 0.784. The van der Waals surface area contributed by atoms with Gasteiger partial charge in [0.25, 0.3) is 0 Å². The van der Waals surface area contributed by atoms with E-state index in [4.69, 9.17) is 4.52 Å². The first kappa shape index (κ1) is 11.3. The van der Waals surface area contributed by atoms with Crippen LogP contribution in [0.5, 0.6) is 5.75 Å². The van der Waals surface area contributed by atoms with Gasteiger partial charge in [0.2, 0.25) is 0 Å². The maximum Gasteiger partial charge on any atom is 0.376 e. The highest BCUT2D eigenvalue weighted by Crippen LogP contribution is 2.43. The minimum atomic E-state index is -3.44. The number of aryl methyl sites for hydroxylation is 1. The molecule has 14 heavy (non-hydrogen) atoms. The molecule has 0 bridgehead atoms. The van der Waals surface area contributed by atoms with E-state index in [1.807, 2.05) is 26.0 Å². The summed E-state index contributed by atoms with van der Waals surface area (Å²) in [6, 6.07) is 7.20. The van der Waals surface area contributed by atoms with Gasteiger partial charge in [-0.1, -0.05) is 25.1 Å². The molecule has 1 rings (SSSR count). The smallest absolute Gasteiger partial charge is 0.376 e. The first-order valence-electron chi connectivity index (χ1n) is 4.62. The monoisotopic (exact) mass is 214 g/mol. The van der Waals surface area contributed by atoms with E-state index >= 15 is 0 Å². The van der Waals surface area contributed by atoms with Crippen LogP contribution < -0.4 is 4.52 Å². The Hall–Kier alpha value is -0.790. The highest BCUT2D eigenvalue weighted by atomic mass is 31.2. The van der Waals surface area contributed by atoms with Gasteiger partial charge in [-0.3, -0.25) is 0 Å². The molecule has 78 valence electrons. The Morgan fingerprint density at radius 3 is 2.64 bits per heavy atom. The average molecular weight is 214 g/mol. The largest absolute Gasteiger partial charge is 0.424 e. The van der Waals surface area contributed by atoms with Crippen molar-refractivity contribution in [3.05, 3.63) is 29.8 Å². The van der Waals surface area contributed by atoms with Crippen LogP contribution in [-0.2, 0) is 4.57 Å². The lowest BCUT2D eigenvalue weighted by molar-refractivity contribution is 0.378. The van der Waals surface area contributed by atoms with Gasteiger partial charge < -0.3 is 9.42 Å². The van der Waals surface area contributed by atoms with Gasteiger partial charge in [0.15, 0.2) is 0 Å². The molecule has 1 aromatic rings. The Morgan fingerprint density at radius 1 is 1.43 bits per heavy atom. The van der Waals surface area contributed by atoms with Crippen LogP contribution in [0.1, 0.15) is 18.9 Å². The molecule has 1 unspecified atom stereocenters. The van der Waals surface area contributed by atoms with E-state index in [1.165, 1.54) is 0 Å². The zero-order valence-corrected chi connectivity index (χ0v) is 9.33. The lowest BCUT2D eigenvalue weighted by atomic mass is 10.2. The maximum atomic E-state index is 11.5. The standard InChI is InChI=1S/C10H15O3P/c1-3-8-14(11,12)13-10-7-5-4-6-9(10)2/h4-7H,3,8H2,1-2H3,(H,11,12). The molecule has 0 amide bonds. The minimum Gasteiger partial charge on any atom is -0.424 e. The van der Waals surface area contributed by atoms with Crippen molar-refractivity contribution in [2.45, 2.75) is 20.3 Å². The van der Waals surface area contributed by atoms with Crippen molar-refractivity contribution in [1.29, 1.82) is 0 Å². The molecule has 1 N–H and O–H groups in total. The normalized spacial score (nSPS) is 14.8. The first-order valence-corrected chi connectivity index (χ1v) is 6.38. The summed E-state index contributed by atoms with van der Waals surface area (Å²) in [5, 5.41) is 0. The van der Waals surface area contributed by atoms with Crippen molar-refractivity contribution >= 4 is 7.60 Å². The van der Waals surface area contributed by atoms with E-state index in [0.29, 0.717) is 12.2 Å². The summed E-state index contributed by atoms with van der Waals surface area (Å²) in [7, 11) is -3.44. The fraction of sp³-hybridized carbons (Fsp3) is 0.400. The highest BCUT2D eigenvalue weighted by molar-refractivity contribution is 7.53. The van der Waals surface area contributed by atoms with Crippen LogP contribution in [0.15, 0.2) is 24.3 Å². The molecule has 0 radical (unpaired) electrons. The summed E-state index contributed by atoms with van der Waals surface area (Å²) in [6.07, 6.45) is 0.834. The molecule has 1 aromatic carbocycles. The van der Waals surface area contributed by atoms with Gasteiger partial charge in [0.1, 0.15) is 5.75 Å². The summed E-state index contributed by atoms with van der Waals surface area (Å²) < 4.78 is 16.6. The van der Waals surface area contributed by atoms with Gasteiger partial charge in [-0.25, -0.2) is 4.57 Å². The third-order valence-corrected chi connectivity index (χ3v) is 3.34. The molecule has 0 aliphatic heterocycles. The summed E-state index contributed by atoms with van der Waals surface area (Å²) in [4.78, 5) is 9.43. The number of rotatable bonds is 4. The van der Waals surface area contributed by atoms with Gasteiger partial charge in [-0.15, -0.1) is 0 Å². The van der Waals surface area contributed by atoms with Crippen LogP contribution in [0.3, 0.4) is 0 Å². The van der Waals surface area contributed by atoms with Crippen LogP contribution in [0, 0.1) is 6.92 Å². The van der Waals surface area contributed by atoms with E-state index in [1.54, 1.807) is 12.1 Å². The predicted molar refractivity (Wildman–Crippen MR) is 56.8 cm³/mol. The Labute approximate surface area is 84.3 Å². The topological polar surface area (TPSA) is 46.5 Å². The number of hydrogen-bond acceptors (Lipinski definition) is 2. The molecular formula is C10H15O3P. The zero-order chi connectivity index (χ0) is 10.6. The maximum absolute atomic E-state index is 11.5. The summed E-state index contributed by atoms with van der Waals surface area (Å²) in [6.45, 7) is 3.70. The molecule has 1 atom stereocenters. The van der Waals surface area contributed by atoms with E-state index in [2.05, 4.69) is 0 Å². The van der Waals surface area contributed by atoms with Gasteiger partial charge >= 0.3 is 7.60 Å². The second-order valence-electron chi connectivity index (χ2n) is 3.22. The van der Waals surface area contributed by atoms with Crippen molar-refractivity contribution in [1.82, 2.24) is 0 Å².